The maximum absolute atomic E-state index is 13.1. The molecule has 234 valence electrons. The highest BCUT2D eigenvalue weighted by Crippen LogP contribution is 2.40. The van der Waals surface area contributed by atoms with E-state index in [0.717, 1.165) is 16.7 Å². The topological polar surface area (TPSA) is 177 Å². The number of carbonyl (C=O) groups is 4. The fraction of sp³-hybridized carbons (Fsp3) is 0.265. The number of nitrogens with zero attached hydrogens (tertiary/aromatic N) is 2. The van der Waals surface area contributed by atoms with Crippen LogP contribution in [0.5, 0.6) is 0 Å². The van der Waals surface area contributed by atoms with Gasteiger partial charge in [0.25, 0.3) is 0 Å². The molecule has 0 spiro atoms. The number of nitrogens with two attached hydrogens (primary N) is 1. The lowest BCUT2D eigenvalue weighted by molar-refractivity contribution is -0.144. The van der Waals surface area contributed by atoms with Crippen LogP contribution in [0.2, 0.25) is 0 Å². The number of carbonyl (C=O) groups excluding carboxylic acids is 2. The summed E-state index contributed by atoms with van der Waals surface area (Å²) in [6.45, 7) is 2.82. The minimum atomic E-state index is -1.53. The van der Waals surface area contributed by atoms with E-state index < -0.39 is 53.3 Å². The number of rotatable bonds is 14. The van der Waals surface area contributed by atoms with Crippen molar-refractivity contribution in [3.8, 4) is 0 Å². The molecule has 2 atom stereocenters. The van der Waals surface area contributed by atoms with Crippen LogP contribution < -0.4 is 16.4 Å². The number of carboxylic acids is 2. The van der Waals surface area contributed by atoms with E-state index in [1.807, 2.05) is 65.4 Å². The van der Waals surface area contributed by atoms with E-state index in [-0.39, 0.29) is 12.8 Å². The zero-order valence-electron chi connectivity index (χ0n) is 25.1. The molecule has 0 radical (unpaired) electrons. The first-order valence-corrected chi connectivity index (χ1v) is 14.5. The first kappa shape index (κ1) is 32.6. The minimum absolute atomic E-state index is 0.0569. The number of carboxylic acid groups (broad SMARTS) is 2. The van der Waals surface area contributed by atoms with E-state index >= 15 is 0 Å². The Hall–Kier alpha value is -5.29. The van der Waals surface area contributed by atoms with Crippen LogP contribution in [-0.2, 0) is 31.1 Å². The molecule has 0 saturated carbocycles. The largest absolute Gasteiger partial charge is 0.481 e. The van der Waals surface area contributed by atoms with Crippen molar-refractivity contribution < 1.29 is 29.4 Å². The summed E-state index contributed by atoms with van der Waals surface area (Å²) >= 11 is 0. The highest BCUT2D eigenvalue weighted by molar-refractivity contribution is 5.94. The van der Waals surface area contributed by atoms with E-state index in [4.69, 9.17) is 10.8 Å². The van der Waals surface area contributed by atoms with Gasteiger partial charge in [0, 0.05) is 19.0 Å². The molecule has 11 heteroatoms. The summed E-state index contributed by atoms with van der Waals surface area (Å²) in [4.78, 5) is 53.0. The molecule has 1 heterocycles. The van der Waals surface area contributed by atoms with Crippen molar-refractivity contribution in [1.82, 2.24) is 20.2 Å². The predicted molar refractivity (Wildman–Crippen MR) is 167 cm³/mol. The Morgan fingerprint density at radius 2 is 1.33 bits per heavy atom. The van der Waals surface area contributed by atoms with Crippen molar-refractivity contribution in [1.29, 1.82) is 0 Å². The van der Waals surface area contributed by atoms with Gasteiger partial charge in [0.1, 0.15) is 17.1 Å². The minimum Gasteiger partial charge on any atom is -0.481 e. The molecule has 11 nitrogen and oxygen atoms in total. The number of amides is 2. The van der Waals surface area contributed by atoms with Crippen LogP contribution in [0.1, 0.15) is 49.1 Å². The summed E-state index contributed by atoms with van der Waals surface area (Å²) in [7, 11) is 0. The molecule has 0 aliphatic rings. The van der Waals surface area contributed by atoms with Gasteiger partial charge in [-0.15, -0.1) is 0 Å². The van der Waals surface area contributed by atoms with Crippen LogP contribution in [0.15, 0.2) is 104 Å². The number of imidazole rings is 1. The van der Waals surface area contributed by atoms with Crippen molar-refractivity contribution in [2.75, 3.05) is 0 Å². The van der Waals surface area contributed by atoms with Gasteiger partial charge in [-0.05, 0) is 37.0 Å². The van der Waals surface area contributed by atoms with Crippen LogP contribution in [0, 0.1) is 0 Å². The molecule has 4 rings (SSSR count). The van der Waals surface area contributed by atoms with Gasteiger partial charge in [-0.2, -0.15) is 0 Å². The van der Waals surface area contributed by atoms with E-state index in [1.165, 1.54) is 13.8 Å². The van der Waals surface area contributed by atoms with E-state index in [9.17, 15) is 24.3 Å². The van der Waals surface area contributed by atoms with Crippen LogP contribution in [-0.4, -0.2) is 61.1 Å². The number of benzene rings is 3. The quantitative estimate of drug-likeness (QED) is 0.135. The summed E-state index contributed by atoms with van der Waals surface area (Å²) in [5.74, 6) is -3.99. The second-order valence-electron chi connectivity index (χ2n) is 11.3. The van der Waals surface area contributed by atoms with E-state index in [2.05, 4.69) is 52.0 Å². The lowest BCUT2D eigenvalue weighted by atomic mass is 9.77. The third-order valence-corrected chi connectivity index (χ3v) is 7.62. The summed E-state index contributed by atoms with van der Waals surface area (Å²) < 4.78 is 2.01. The van der Waals surface area contributed by atoms with Gasteiger partial charge in [-0.25, -0.2) is 9.78 Å². The molecule has 0 fully saturated rings. The molecule has 0 aliphatic heterocycles. The summed E-state index contributed by atoms with van der Waals surface area (Å²) in [6.07, 6.45) is 2.88. The Kier molecular flexibility index (Phi) is 10.1. The van der Waals surface area contributed by atoms with Gasteiger partial charge in [-0.3, -0.25) is 14.4 Å². The van der Waals surface area contributed by atoms with Crippen molar-refractivity contribution in [2.45, 2.75) is 56.3 Å². The second kappa shape index (κ2) is 14.0. The van der Waals surface area contributed by atoms with E-state index in [0.29, 0.717) is 5.69 Å². The Balaban J connectivity index is 1.57. The molecule has 6 N–H and O–H groups in total. The molecule has 0 unspecified atom stereocenters. The van der Waals surface area contributed by atoms with Crippen LogP contribution in [0.3, 0.4) is 0 Å². The van der Waals surface area contributed by atoms with Gasteiger partial charge >= 0.3 is 11.9 Å². The van der Waals surface area contributed by atoms with Crippen LogP contribution in [0.25, 0.3) is 0 Å². The molecular formula is C34H37N5O6. The summed E-state index contributed by atoms with van der Waals surface area (Å²) in [5.41, 5.74) is 7.52. The number of hydrogen-bond acceptors (Lipinski definition) is 6. The Bertz CT molecular complexity index is 1530. The number of aliphatic carboxylic acids is 2. The maximum atomic E-state index is 13.1. The summed E-state index contributed by atoms with van der Waals surface area (Å²) in [5, 5.41) is 23.1. The van der Waals surface area contributed by atoms with Gasteiger partial charge < -0.3 is 31.1 Å². The number of aromatic nitrogens is 2. The fourth-order valence-electron chi connectivity index (χ4n) is 5.28. The molecule has 3 aromatic carbocycles. The maximum Gasteiger partial charge on any atom is 0.326 e. The first-order chi connectivity index (χ1) is 21.4. The summed E-state index contributed by atoms with van der Waals surface area (Å²) in [6, 6.07) is 27.6. The molecule has 0 bridgehead atoms. The van der Waals surface area contributed by atoms with Gasteiger partial charge in [0.15, 0.2) is 0 Å². The van der Waals surface area contributed by atoms with Crippen LogP contribution >= 0.6 is 0 Å². The van der Waals surface area contributed by atoms with Gasteiger partial charge in [0.2, 0.25) is 11.8 Å². The smallest absolute Gasteiger partial charge is 0.326 e. The van der Waals surface area contributed by atoms with Crippen molar-refractivity contribution in [3.05, 3.63) is 126 Å². The average molecular weight is 612 g/mol. The van der Waals surface area contributed by atoms with Gasteiger partial charge in [-0.1, -0.05) is 91.0 Å². The first-order valence-electron chi connectivity index (χ1n) is 14.5. The fourth-order valence-corrected chi connectivity index (χ4v) is 5.28. The van der Waals surface area contributed by atoms with Gasteiger partial charge in [0.05, 0.1) is 18.1 Å². The second-order valence-corrected chi connectivity index (χ2v) is 11.3. The van der Waals surface area contributed by atoms with Crippen molar-refractivity contribution in [2.24, 2.45) is 5.73 Å². The SMILES string of the molecule is CC(C)(NC(=O)[C@@H](N)Cc1cn(C(c2ccccc2)(c2ccccc2)c2ccccc2)cn1)C(=O)N[C@@H](CCC(=O)O)C(=O)O. The van der Waals surface area contributed by atoms with Crippen molar-refractivity contribution >= 4 is 23.8 Å². The molecule has 2 amide bonds. The number of hydrogen-bond donors (Lipinski definition) is 5. The zero-order chi connectivity index (χ0) is 32.6. The normalized spacial score (nSPS) is 13.0. The Morgan fingerprint density at radius 1 is 0.844 bits per heavy atom. The molecular weight excluding hydrogens is 574 g/mol. The van der Waals surface area contributed by atoms with Crippen LogP contribution in [0.4, 0.5) is 0 Å². The Morgan fingerprint density at radius 3 is 1.78 bits per heavy atom. The highest BCUT2D eigenvalue weighted by atomic mass is 16.4. The standard InChI is InChI=1S/C34H37N5O6/c1-33(2,32(45)37-28(31(43)44)18-19-29(40)41)38-30(42)27(35)20-26-21-39(22-36-26)34(23-12-6-3-7-13-23,24-14-8-4-9-15-24)25-16-10-5-11-17-25/h3-17,21-22,27-28H,18-20,35H2,1-2H3,(H,37,45)(H,38,42)(H,40,41)(H,43,44)/t27-,28-/m0/s1. The molecule has 0 aliphatic carbocycles. The lowest BCUT2D eigenvalue weighted by Gasteiger charge is -2.37. The third kappa shape index (κ3) is 7.44. The van der Waals surface area contributed by atoms with E-state index in [1.54, 1.807) is 6.33 Å². The molecule has 45 heavy (non-hydrogen) atoms. The molecule has 0 saturated heterocycles. The molecule has 1 aromatic heterocycles. The lowest BCUT2D eigenvalue weighted by Crippen LogP contribution is -2.60. The molecule has 4 aromatic rings. The predicted octanol–water partition coefficient (Wildman–Crippen LogP) is 2.92. The van der Waals surface area contributed by atoms with Crippen molar-refractivity contribution in [3.63, 3.8) is 0 Å². The highest BCUT2D eigenvalue weighted by Gasteiger charge is 2.39. The Labute approximate surface area is 261 Å². The average Bonchev–Trinajstić information content (AvgIpc) is 3.49. The zero-order valence-corrected chi connectivity index (χ0v) is 25.1. The monoisotopic (exact) mass is 611 g/mol. The number of nitrogens with one attached hydrogen (secondary N) is 2. The third-order valence-electron chi connectivity index (χ3n) is 7.62.